The first-order valence-corrected chi connectivity index (χ1v) is 4.20. The van der Waals surface area contributed by atoms with Crippen molar-refractivity contribution in [2.75, 3.05) is 0 Å². The predicted molar refractivity (Wildman–Crippen MR) is 56.4 cm³/mol. The van der Waals surface area contributed by atoms with Gasteiger partial charge in [-0.15, -0.1) is 12.4 Å². The molecular formula is C9H11Cl2F2N. The Labute approximate surface area is 92.7 Å². The van der Waals surface area contributed by atoms with Crippen LogP contribution in [-0.4, -0.2) is 6.43 Å². The van der Waals surface area contributed by atoms with E-state index in [1.54, 1.807) is 19.1 Å². The van der Waals surface area contributed by atoms with Gasteiger partial charge in [0.25, 0.3) is 6.43 Å². The monoisotopic (exact) mass is 241 g/mol. The van der Waals surface area contributed by atoms with Gasteiger partial charge in [0.1, 0.15) is 0 Å². The summed E-state index contributed by atoms with van der Waals surface area (Å²) in [5.41, 5.74) is 6.43. The highest BCUT2D eigenvalue weighted by Gasteiger charge is 2.18. The SMILES string of the molecule is Cc1cc(Cl)ccc1[C@@H](N)C(F)F.Cl. The minimum absolute atomic E-state index is 0. The molecule has 0 amide bonds. The number of rotatable bonds is 2. The third-order valence-corrected chi connectivity index (χ3v) is 2.10. The Kier molecular flexibility index (Phi) is 5.34. The first-order chi connectivity index (χ1) is 6.02. The van der Waals surface area contributed by atoms with E-state index in [1.807, 2.05) is 0 Å². The van der Waals surface area contributed by atoms with E-state index in [1.165, 1.54) is 6.07 Å². The molecule has 0 aromatic heterocycles. The normalized spacial score (nSPS) is 12.4. The van der Waals surface area contributed by atoms with Gasteiger partial charge in [-0.1, -0.05) is 17.7 Å². The zero-order chi connectivity index (χ0) is 10.0. The van der Waals surface area contributed by atoms with Crippen molar-refractivity contribution in [3.63, 3.8) is 0 Å². The molecule has 1 aromatic carbocycles. The van der Waals surface area contributed by atoms with Gasteiger partial charge in [0, 0.05) is 5.02 Å². The van der Waals surface area contributed by atoms with E-state index in [0.29, 0.717) is 16.1 Å². The Morgan fingerprint density at radius 3 is 2.36 bits per heavy atom. The minimum atomic E-state index is -2.54. The van der Waals surface area contributed by atoms with E-state index in [-0.39, 0.29) is 12.4 Å². The Balaban J connectivity index is 0.00000169. The van der Waals surface area contributed by atoms with Crippen LogP contribution in [-0.2, 0) is 0 Å². The minimum Gasteiger partial charge on any atom is -0.319 e. The van der Waals surface area contributed by atoms with Gasteiger partial charge in [-0.25, -0.2) is 8.78 Å². The zero-order valence-corrected chi connectivity index (χ0v) is 9.08. The van der Waals surface area contributed by atoms with Crippen LogP contribution in [0.15, 0.2) is 18.2 Å². The highest BCUT2D eigenvalue weighted by molar-refractivity contribution is 6.30. The van der Waals surface area contributed by atoms with Crippen LogP contribution in [0.4, 0.5) is 8.78 Å². The third-order valence-electron chi connectivity index (χ3n) is 1.86. The maximum atomic E-state index is 12.2. The van der Waals surface area contributed by atoms with Crippen LogP contribution in [0.1, 0.15) is 17.2 Å². The van der Waals surface area contributed by atoms with Crippen LogP contribution in [0.3, 0.4) is 0 Å². The summed E-state index contributed by atoms with van der Waals surface area (Å²) in [5.74, 6) is 0. The summed E-state index contributed by atoms with van der Waals surface area (Å²) in [7, 11) is 0. The van der Waals surface area contributed by atoms with Gasteiger partial charge in [0.05, 0.1) is 6.04 Å². The second-order valence-electron chi connectivity index (χ2n) is 2.86. The number of halogens is 4. The van der Waals surface area contributed by atoms with Crippen molar-refractivity contribution in [1.82, 2.24) is 0 Å². The Bertz CT molecular complexity index is 305. The Morgan fingerprint density at radius 2 is 1.93 bits per heavy atom. The van der Waals surface area contributed by atoms with Crippen molar-refractivity contribution >= 4 is 24.0 Å². The molecule has 0 heterocycles. The van der Waals surface area contributed by atoms with Gasteiger partial charge in [0.2, 0.25) is 0 Å². The molecule has 1 rings (SSSR count). The van der Waals surface area contributed by atoms with E-state index in [9.17, 15) is 8.78 Å². The number of alkyl halides is 2. The standard InChI is InChI=1S/C9H10ClF2N.ClH/c1-5-4-6(10)2-3-7(5)8(13)9(11)12;/h2-4,8-9H,13H2,1H3;1H/t8-;/m1./s1. The second kappa shape index (κ2) is 5.49. The smallest absolute Gasteiger partial charge is 0.257 e. The molecule has 1 aromatic rings. The van der Waals surface area contributed by atoms with Gasteiger partial charge < -0.3 is 5.73 Å². The molecule has 0 aliphatic heterocycles. The molecule has 0 saturated heterocycles. The second-order valence-corrected chi connectivity index (χ2v) is 3.30. The fourth-order valence-electron chi connectivity index (χ4n) is 1.15. The van der Waals surface area contributed by atoms with Crippen LogP contribution >= 0.6 is 24.0 Å². The molecule has 5 heteroatoms. The van der Waals surface area contributed by atoms with Gasteiger partial charge in [0.15, 0.2) is 0 Å². The first-order valence-electron chi connectivity index (χ1n) is 3.82. The summed E-state index contributed by atoms with van der Waals surface area (Å²) in [6.07, 6.45) is -2.54. The van der Waals surface area contributed by atoms with Gasteiger partial charge in [-0.2, -0.15) is 0 Å². The maximum Gasteiger partial charge on any atom is 0.257 e. The molecule has 0 aliphatic carbocycles. The van der Waals surface area contributed by atoms with Crippen LogP contribution in [0, 0.1) is 6.92 Å². The fourth-order valence-corrected chi connectivity index (χ4v) is 1.38. The molecule has 0 fully saturated rings. The van der Waals surface area contributed by atoms with E-state index in [4.69, 9.17) is 17.3 Å². The molecule has 1 atom stereocenters. The summed E-state index contributed by atoms with van der Waals surface area (Å²) in [6.45, 7) is 1.71. The van der Waals surface area contributed by atoms with Crippen molar-refractivity contribution in [3.8, 4) is 0 Å². The summed E-state index contributed by atoms with van der Waals surface area (Å²) in [4.78, 5) is 0. The van der Waals surface area contributed by atoms with Crippen LogP contribution < -0.4 is 5.73 Å². The van der Waals surface area contributed by atoms with Crippen LogP contribution in [0.25, 0.3) is 0 Å². The molecular weight excluding hydrogens is 231 g/mol. The molecule has 1 nitrogen and oxygen atoms in total. The molecule has 0 aliphatic rings. The number of nitrogens with two attached hydrogens (primary N) is 1. The van der Waals surface area contributed by atoms with Crippen molar-refractivity contribution in [2.24, 2.45) is 5.73 Å². The van der Waals surface area contributed by atoms with Crippen molar-refractivity contribution < 1.29 is 8.78 Å². The van der Waals surface area contributed by atoms with E-state index in [0.717, 1.165) is 0 Å². The molecule has 0 unspecified atom stereocenters. The van der Waals surface area contributed by atoms with Gasteiger partial charge in [-0.3, -0.25) is 0 Å². The average molecular weight is 242 g/mol. The topological polar surface area (TPSA) is 26.0 Å². The number of aryl methyl sites for hydroxylation is 1. The lowest BCUT2D eigenvalue weighted by Gasteiger charge is -2.13. The highest BCUT2D eigenvalue weighted by Crippen LogP contribution is 2.23. The lowest BCUT2D eigenvalue weighted by Crippen LogP contribution is -2.19. The molecule has 80 valence electrons. The molecule has 14 heavy (non-hydrogen) atoms. The molecule has 0 bridgehead atoms. The summed E-state index contributed by atoms with van der Waals surface area (Å²) < 4.78 is 24.5. The molecule has 0 saturated carbocycles. The number of benzene rings is 1. The van der Waals surface area contributed by atoms with Crippen molar-refractivity contribution in [1.29, 1.82) is 0 Å². The van der Waals surface area contributed by atoms with E-state index < -0.39 is 12.5 Å². The van der Waals surface area contributed by atoms with Gasteiger partial charge in [-0.05, 0) is 30.2 Å². The lowest BCUT2D eigenvalue weighted by molar-refractivity contribution is 0.116. The van der Waals surface area contributed by atoms with E-state index in [2.05, 4.69) is 0 Å². The molecule has 2 N–H and O–H groups in total. The van der Waals surface area contributed by atoms with Crippen LogP contribution in [0.2, 0.25) is 5.02 Å². The number of hydrogen-bond acceptors (Lipinski definition) is 1. The lowest BCUT2D eigenvalue weighted by atomic mass is 10.0. The molecule has 0 radical (unpaired) electrons. The number of hydrogen-bond donors (Lipinski definition) is 1. The highest BCUT2D eigenvalue weighted by atomic mass is 35.5. The summed E-state index contributed by atoms with van der Waals surface area (Å²) >= 11 is 5.67. The Morgan fingerprint density at radius 1 is 1.36 bits per heavy atom. The van der Waals surface area contributed by atoms with Crippen molar-refractivity contribution in [2.45, 2.75) is 19.4 Å². The Hall–Kier alpha value is -0.380. The van der Waals surface area contributed by atoms with Gasteiger partial charge >= 0.3 is 0 Å². The zero-order valence-electron chi connectivity index (χ0n) is 7.51. The van der Waals surface area contributed by atoms with Crippen molar-refractivity contribution in [3.05, 3.63) is 34.3 Å². The third kappa shape index (κ3) is 3.08. The largest absolute Gasteiger partial charge is 0.319 e. The molecule has 0 spiro atoms. The quantitative estimate of drug-likeness (QED) is 0.845. The van der Waals surface area contributed by atoms with E-state index >= 15 is 0 Å². The van der Waals surface area contributed by atoms with Crippen LogP contribution in [0.5, 0.6) is 0 Å². The fraction of sp³-hybridized carbons (Fsp3) is 0.333. The average Bonchev–Trinajstić information content (AvgIpc) is 2.03. The first kappa shape index (κ1) is 13.6. The summed E-state index contributed by atoms with van der Waals surface area (Å²) in [6, 6.07) is 3.50. The summed E-state index contributed by atoms with van der Waals surface area (Å²) in [5, 5.41) is 0.530. The maximum absolute atomic E-state index is 12.2. The predicted octanol–water partition coefficient (Wildman–Crippen LogP) is 3.34.